The third kappa shape index (κ3) is 5.77. The SMILES string of the molecule is CCc1cc(O)ccc1NC(=O)C(C)SCC(=O)Nc1ccc(F)cc1. The lowest BCUT2D eigenvalue weighted by molar-refractivity contribution is -0.115. The van der Waals surface area contributed by atoms with Gasteiger partial charge in [0.25, 0.3) is 0 Å². The van der Waals surface area contributed by atoms with Crippen LogP contribution in [0.5, 0.6) is 5.75 Å². The first-order valence-electron chi connectivity index (χ1n) is 8.18. The highest BCUT2D eigenvalue weighted by Gasteiger charge is 2.16. The van der Waals surface area contributed by atoms with Gasteiger partial charge in [-0.2, -0.15) is 0 Å². The summed E-state index contributed by atoms with van der Waals surface area (Å²) in [5.74, 6) is -0.601. The maximum atomic E-state index is 12.8. The highest BCUT2D eigenvalue weighted by atomic mass is 32.2. The Hall–Kier alpha value is -2.54. The molecule has 0 spiro atoms. The summed E-state index contributed by atoms with van der Waals surface area (Å²) < 4.78 is 12.8. The zero-order chi connectivity index (χ0) is 19.1. The number of rotatable bonds is 7. The maximum Gasteiger partial charge on any atom is 0.237 e. The van der Waals surface area contributed by atoms with E-state index in [0.717, 1.165) is 5.56 Å². The van der Waals surface area contributed by atoms with Gasteiger partial charge in [0.05, 0.1) is 11.0 Å². The molecule has 0 aromatic heterocycles. The van der Waals surface area contributed by atoms with Crippen molar-refractivity contribution in [3.63, 3.8) is 0 Å². The van der Waals surface area contributed by atoms with Crippen LogP contribution in [0.25, 0.3) is 0 Å². The van der Waals surface area contributed by atoms with Crippen molar-refractivity contribution in [3.05, 3.63) is 53.8 Å². The van der Waals surface area contributed by atoms with Gasteiger partial charge in [0.1, 0.15) is 11.6 Å². The monoisotopic (exact) mass is 376 g/mol. The molecule has 2 rings (SSSR count). The third-order valence-corrected chi connectivity index (χ3v) is 4.83. The average molecular weight is 376 g/mol. The van der Waals surface area contributed by atoms with E-state index in [4.69, 9.17) is 0 Å². The zero-order valence-electron chi connectivity index (χ0n) is 14.6. The van der Waals surface area contributed by atoms with Gasteiger partial charge in [0.15, 0.2) is 0 Å². The highest BCUT2D eigenvalue weighted by Crippen LogP contribution is 2.23. The number of hydrogen-bond acceptors (Lipinski definition) is 4. The van der Waals surface area contributed by atoms with Crippen molar-refractivity contribution in [2.24, 2.45) is 0 Å². The number of benzene rings is 2. The predicted octanol–water partition coefficient (Wildman–Crippen LogP) is 3.79. The van der Waals surface area contributed by atoms with Gasteiger partial charge in [0.2, 0.25) is 11.8 Å². The number of hydrogen-bond donors (Lipinski definition) is 3. The first-order chi connectivity index (χ1) is 12.4. The quantitative estimate of drug-likeness (QED) is 0.643. The lowest BCUT2D eigenvalue weighted by atomic mass is 10.1. The number of phenols is 1. The molecule has 1 atom stereocenters. The second kappa shape index (κ2) is 9.24. The smallest absolute Gasteiger partial charge is 0.237 e. The van der Waals surface area contributed by atoms with Crippen LogP contribution < -0.4 is 10.6 Å². The van der Waals surface area contributed by atoms with Crippen molar-refractivity contribution in [1.82, 2.24) is 0 Å². The minimum atomic E-state index is -0.438. The Morgan fingerprint density at radius 2 is 1.85 bits per heavy atom. The van der Waals surface area contributed by atoms with E-state index in [-0.39, 0.29) is 29.1 Å². The van der Waals surface area contributed by atoms with Crippen molar-refractivity contribution in [1.29, 1.82) is 0 Å². The minimum Gasteiger partial charge on any atom is -0.508 e. The summed E-state index contributed by atoms with van der Waals surface area (Å²) in [6, 6.07) is 10.3. The van der Waals surface area contributed by atoms with Gasteiger partial charge < -0.3 is 15.7 Å². The van der Waals surface area contributed by atoms with Gasteiger partial charge in [-0.05, 0) is 61.4 Å². The first-order valence-corrected chi connectivity index (χ1v) is 9.23. The molecule has 1 unspecified atom stereocenters. The molecule has 2 aromatic rings. The first kappa shape index (κ1) is 19.8. The molecule has 26 heavy (non-hydrogen) atoms. The number of halogens is 1. The fourth-order valence-electron chi connectivity index (χ4n) is 2.24. The number of aryl methyl sites for hydroxylation is 1. The fraction of sp³-hybridized carbons (Fsp3) is 0.263. The van der Waals surface area contributed by atoms with E-state index in [2.05, 4.69) is 10.6 Å². The Morgan fingerprint density at radius 1 is 1.15 bits per heavy atom. The predicted molar refractivity (Wildman–Crippen MR) is 103 cm³/mol. The zero-order valence-corrected chi connectivity index (χ0v) is 15.4. The number of aromatic hydroxyl groups is 1. The van der Waals surface area contributed by atoms with Crippen LogP contribution in [0.4, 0.5) is 15.8 Å². The van der Waals surface area contributed by atoms with Crippen molar-refractivity contribution >= 4 is 35.0 Å². The van der Waals surface area contributed by atoms with Crippen molar-refractivity contribution in [2.75, 3.05) is 16.4 Å². The Balaban J connectivity index is 1.85. The molecule has 3 N–H and O–H groups in total. The van der Waals surface area contributed by atoms with Crippen LogP contribution in [0.2, 0.25) is 0 Å². The van der Waals surface area contributed by atoms with Crippen LogP contribution in [-0.2, 0) is 16.0 Å². The largest absolute Gasteiger partial charge is 0.508 e. The van der Waals surface area contributed by atoms with E-state index in [1.165, 1.54) is 42.1 Å². The number of phenolic OH excluding ortho intramolecular Hbond substituents is 1. The summed E-state index contributed by atoms with van der Waals surface area (Å²) in [5, 5.41) is 14.5. The molecule has 0 aliphatic carbocycles. The molecule has 0 saturated carbocycles. The summed E-state index contributed by atoms with van der Waals surface area (Å²) in [7, 11) is 0. The van der Waals surface area contributed by atoms with E-state index in [0.29, 0.717) is 17.8 Å². The van der Waals surface area contributed by atoms with Gasteiger partial charge in [-0.15, -0.1) is 11.8 Å². The second-order valence-corrected chi connectivity index (χ2v) is 7.02. The van der Waals surface area contributed by atoms with Crippen molar-refractivity contribution in [3.8, 4) is 5.75 Å². The summed E-state index contributed by atoms with van der Waals surface area (Å²) >= 11 is 1.20. The van der Waals surface area contributed by atoms with Gasteiger partial charge in [-0.3, -0.25) is 9.59 Å². The van der Waals surface area contributed by atoms with Crippen molar-refractivity contribution < 1.29 is 19.1 Å². The van der Waals surface area contributed by atoms with E-state index < -0.39 is 5.25 Å². The summed E-state index contributed by atoms with van der Waals surface area (Å²) in [6.45, 7) is 3.65. The summed E-state index contributed by atoms with van der Waals surface area (Å²) in [4.78, 5) is 24.2. The normalized spacial score (nSPS) is 11.7. The topological polar surface area (TPSA) is 78.4 Å². The number of anilines is 2. The molecule has 7 heteroatoms. The molecular formula is C19H21FN2O3S. The Morgan fingerprint density at radius 3 is 2.50 bits per heavy atom. The number of thioether (sulfide) groups is 1. The van der Waals surface area contributed by atoms with Gasteiger partial charge in [-0.1, -0.05) is 6.92 Å². The van der Waals surface area contributed by atoms with Crippen LogP contribution in [-0.4, -0.2) is 27.9 Å². The van der Waals surface area contributed by atoms with E-state index in [1.807, 2.05) is 6.92 Å². The minimum absolute atomic E-state index is 0.0994. The lowest BCUT2D eigenvalue weighted by Crippen LogP contribution is -2.25. The van der Waals surface area contributed by atoms with Crippen LogP contribution in [0.1, 0.15) is 19.4 Å². The van der Waals surface area contributed by atoms with Crippen molar-refractivity contribution in [2.45, 2.75) is 25.5 Å². The fourth-order valence-corrected chi connectivity index (χ4v) is 2.92. The molecule has 0 saturated heterocycles. The standard InChI is InChI=1S/C19H21FN2O3S/c1-3-13-10-16(23)8-9-17(13)22-19(25)12(2)26-11-18(24)21-15-6-4-14(20)5-7-15/h4-10,12,23H,3,11H2,1-2H3,(H,21,24)(H,22,25). The van der Waals surface area contributed by atoms with Gasteiger partial charge in [0, 0.05) is 11.4 Å². The molecular weight excluding hydrogens is 355 g/mol. The molecule has 2 amide bonds. The third-order valence-electron chi connectivity index (χ3n) is 3.69. The van der Waals surface area contributed by atoms with E-state index in [1.54, 1.807) is 19.1 Å². The second-order valence-electron chi connectivity index (χ2n) is 5.69. The molecule has 0 aliphatic heterocycles. The molecule has 0 fully saturated rings. The van der Waals surface area contributed by atoms with Gasteiger partial charge >= 0.3 is 0 Å². The highest BCUT2D eigenvalue weighted by molar-refractivity contribution is 8.01. The van der Waals surface area contributed by atoms with Crippen LogP contribution in [0, 0.1) is 5.82 Å². The Labute approximate surface area is 156 Å². The number of carbonyl (C=O) groups excluding carboxylic acids is 2. The molecule has 0 aliphatic rings. The molecule has 5 nitrogen and oxygen atoms in total. The summed E-state index contributed by atoms with van der Waals surface area (Å²) in [6.07, 6.45) is 0.672. The van der Waals surface area contributed by atoms with E-state index in [9.17, 15) is 19.1 Å². The van der Waals surface area contributed by atoms with Crippen LogP contribution in [0.3, 0.4) is 0 Å². The van der Waals surface area contributed by atoms with Crippen LogP contribution >= 0.6 is 11.8 Å². The Bertz CT molecular complexity index is 781. The maximum absolute atomic E-state index is 12.8. The molecule has 2 aromatic carbocycles. The molecule has 0 bridgehead atoms. The number of carbonyl (C=O) groups is 2. The molecule has 0 radical (unpaired) electrons. The molecule has 138 valence electrons. The lowest BCUT2D eigenvalue weighted by Gasteiger charge is -2.14. The summed E-state index contributed by atoms with van der Waals surface area (Å²) in [5.41, 5.74) is 1.99. The Kier molecular flexibility index (Phi) is 7.03. The number of nitrogens with one attached hydrogen (secondary N) is 2. The molecule has 0 heterocycles. The average Bonchev–Trinajstić information content (AvgIpc) is 2.63. The van der Waals surface area contributed by atoms with Crippen LogP contribution in [0.15, 0.2) is 42.5 Å². The number of amides is 2. The van der Waals surface area contributed by atoms with E-state index >= 15 is 0 Å². The van der Waals surface area contributed by atoms with Gasteiger partial charge in [-0.25, -0.2) is 4.39 Å².